The molecule has 4 heteroatoms. The quantitative estimate of drug-likeness (QED) is 0.823. The molecule has 0 bridgehead atoms. The van der Waals surface area contributed by atoms with Crippen LogP contribution in [0.15, 0.2) is 42.6 Å². The predicted octanol–water partition coefficient (Wildman–Crippen LogP) is 1.48. The molecule has 0 fully saturated rings. The molecule has 100 valence electrons. The third kappa shape index (κ3) is 4.43. The average Bonchev–Trinajstić information content (AvgIpc) is 2.44. The molecule has 1 atom stereocenters. The van der Waals surface area contributed by atoms with Crippen LogP contribution in [-0.2, 0) is 13.0 Å². The van der Waals surface area contributed by atoms with E-state index in [-0.39, 0.29) is 12.6 Å². The van der Waals surface area contributed by atoms with Gasteiger partial charge >= 0.3 is 0 Å². The molecule has 0 aliphatic rings. The van der Waals surface area contributed by atoms with Gasteiger partial charge in [-0.2, -0.15) is 0 Å². The lowest BCUT2D eigenvalue weighted by molar-refractivity contribution is 0.240. The van der Waals surface area contributed by atoms with E-state index in [0.29, 0.717) is 6.54 Å². The van der Waals surface area contributed by atoms with Crippen LogP contribution in [0.3, 0.4) is 0 Å². The van der Waals surface area contributed by atoms with Crippen LogP contribution >= 0.6 is 0 Å². The first-order chi connectivity index (χ1) is 9.28. The summed E-state index contributed by atoms with van der Waals surface area (Å²) < 4.78 is 0. The van der Waals surface area contributed by atoms with E-state index in [4.69, 9.17) is 0 Å². The monoisotopic (exact) mass is 257 g/mol. The number of nitrogens with one attached hydrogen (secondary N) is 1. The highest BCUT2D eigenvalue weighted by atomic mass is 16.3. The van der Waals surface area contributed by atoms with Crippen molar-refractivity contribution in [2.24, 2.45) is 0 Å². The number of aryl methyl sites for hydroxylation is 1. The maximum absolute atomic E-state index is 9.42. The van der Waals surface area contributed by atoms with Crippen LogP contribution in [0.4, 0.5) is 0 Å². The molecule has 0 saturated heterocycles. The summed E-state index contributed by atoms with van der Waals surface area (Å²) in [5, 5.41) is 12.7. The van der Waals surface area contributed by atoms with E-state index in [1.165, 1.54) is 5.56 Å². The van der Waals surface area contributed by atoms with Crippen LogP contribution in [0.1, 0.15) is 17.1 Å². The van der Waals surface area contributed by atoms with Gasteiger partial charge in [-0.05, 0) is 25.0 Å². The van der Waals surface area contributed by atoms with Gasteiger partial charge in [0, 0.05) is 18.8 Å². The Labute approximate surface area is 113 Å². The van der Waals surface area contributed by atoms with Gasteiger partial charge < -0.3 is 10.4 Å². The van der Waals surface area contributed by atoms with E-state index < -0.39 is 0 Å². The van der Waals surface area contributed by atoms with Gasteiger partial charge in [0.15, 0.2) is 0 Å². The number of aliphatic hydroxyl groups excluding tert-OH is 1. The second-order valence-corrected chi connectivity index (χ2v) is 4.55. The minimum absolute atomic E-state index is 0.0395. The zero-order valence-corrected chi connectivity index (χ0v) is 11.1. The van der Waals surface area contributed by atoms with Gasteiger partial charge in [-0.1, -0.05) is 30.3 Å². The number of hydrogen-bond donors (Lipinski definition) is 2. The lowest BCUT2D eigenvalue weighted by Crippen LogP contribution is -2.34. The molecule has 0 aliphatic carbocycles. The first-order valence-electron chi connectivity index (χ1n) is 6.44. The first-order valence-corrected chi connectivity index (χ1v) is 6.44. The van der Waals surface area contributed by atoms with Crippen molar-refractivity contribution in [1.29, 1.82) is 0 Å². The molecular weight excluding hydrogens is 238 g/mol. The molecule has 1 aromatic carbocycles. The number of hydrogen-bond acceptors (Lipinski definition) is 4. The van der Waals surface area contributed by atoms with Crippen molar-refractivity contribution in [3.8, 4) is 0 Å². The Hall–Kier alpha value is -1.78. The molecule has 1 unspecified atom stereocenters. The predicted molar refractivity (Wildman–Crippen MR) is 74.6 cm³/mol. The summed E-state index contributed by atoms with van der Waals surface area (Å²) in [4.78, 5) is 8.40. The molecule has 0 radical (unpaired) electrons. The Bertz CT molecular complexity index is 502. The number of benzene rings is 1. The van der Waals surface area contributed by atoms with Crippen molar-refractivity contribution < 1.29 is 5.11 Å². The third-order valence-electron chi connectivity index (χ3n) is 2.95. The number of aliphatic hydroxyl groups is 1. The van der Waals surface area contributed by atoms with Gasteiger partial charge in [0.2, 0.25) is 0 Å². The second-order valence-electron chi connectivity index (χ2n) is 4.55. The van der Waals surface area contributed by atoms with Crippen LogP contribution < -0.4 is 5.32 Å². The smallest absolute Gasteiger partial charge is 0.125 e. The summed E-state index contributed by atoms with van der Waals surface area (Å²) in [7, 11) is 0. The normalized spacial score (nSPS) is 12.3. The van der Waals surface area contributed by atoms with E-state index in [9.17, 15) is 5.11 Å². The lowest BCUT2D eigenvalue weighted by Gasteiger charge is -2.16. The van der Waals surface area contributed by atoms with E-state index >= 15 is 0 Å². The Kier molecular flexibility index (Phi) is 5.01. The van der Waals surface area contributed by atoms with Gasteiger partial charge in [0.05, 0.1) is 12.3 Å². The molecular formula is C15H19N3O. The van der Waals surface area contributed by atoms with Crippen molar-refractivity contribution in [3.05, 3.63) is 59.7 Å². The highest BCUT2D eigenvalue weighted by Crippen LogP contribution is 2.04. The van der Waals surface area contributed by atoms with Crippen molar-refractivity contribution in [3.63, 3.8) is 0 Å². The minimum Gasteiger partial charge on any atom is -0.395 e. The molecule has 2 rings (SSSR count). The molecule has 0 amide bonds. The topological polar surface area (TPSA) is 58.0 Å². The highest BCUT2D eigenvalue weighted by molar-refractivity contribution is 5.16. The van der Waals surface area contributed by atoms with Crippen molar-refractivity contribution in [1.82, 2.24) is 15.3 Å². The Morgan fingerprint density at radius 3 is 2.68 bits per heavy atom. The van der Waals surface area contributed by atoms with Crippen LogP contribution in [0.25, 0.3) is 0 Å². The van der Waals surface area contributed by atoms with Crippen LogP contribution in [0.2, 0.25) is 0 Å². The van der Waals surface area contributed by atoms with Crippen molar-refractivity contribution in [2.45, 2.75) is 25.9 Å². The lowest BCUT2D eigenvalue weighted by atomic mass is 10.1. The van der Waals surface area contributed by atoms with Crippen molar-refractivity contribution in [2.75, 3.05) is 6.61 Å². The third-order valence-corrected chi connectivity index (χ3v) is 2.95. The van der Waals surface area contributed by atoms with E-state index in [2.05, 4.69) is 27.4 Å². The van der Waals surface area contributed by atoms with Crippen molar-refractivity contribution >= 4 is 0 Å². The average molecular weight is 257 g/mol. The van der Waals surface area contributed by atoms with E-state index in [1.54, 1.807) is 6.20 Å². The first kappa shape index (κ1) is 13.6. The highest BCUT2D eigenvalue weighted by Gasteiger charge is 2.08. The molecule has 1 aromatic heterocycles. The van der Waals surface area contributed by atoms with Crippen LogP contribution in [0, 0.1) is 6.92 Å². The SMILES string of the molecule is Cc1nccc(CNC(CO)Cc2ccccc2)n1. The summed E-state index contributed by atoms with van der Waals surface area (Å²) in [5.74, 6) is 0.767. The second kappa shape index (κ2) is 6.97. The number of nitrogens with zero attached hydrogens (tertiary/aromatic N) is 2. The molecule has 0 saturated carbocycles. The molecule has 19 heavy (non-hydrogen) atoms. The van der Waals surface area contributed by atoms with Gasteiger partial charge in [-0.3, -0.25) is 0 Å². The number of rotatable bonds is 6. The summed E-state index contributed by atoms with van der Waals surface area (Å²) in [6.45, 7) is 2.62. The van der Waals surface area contributed by atoms with Gasteiger partial charge in [0.1, 0.15) is 5.82 Å². The Morgan fingerprint density at radius 1 is 1.21 bits per heavy atom. The van der Waals surface area contributed by atoms with E-state index in [1.807, 2.05) is 31.2 Å². The largest absolute Gasteiger partial charge is 0.395 e. The maximum atomic E-state index is 9.42. The molecule has 1 heterocycles. The fraction of sp³-hybridized carbons (Fsp3) is 0.333. The molecule has 2 aromatic rings. The summed E-state index contributed by atoms with van der Waals surface area (Å²) in [6, 6.07) is 12.1. The van der Waals surface area contributed by atoms with Gasteiger partial charge in [0.25, 0.3) is 0 Å². The summed E-state index contributed by atoms with van der Waals surface area (Å²) in [6.07, 6.45) is 2.56. The van der Waals surface area contributed by atoms with Gasteiger partial charge in [-0.15, -0.1) is 0 Å². The minimum atomic E-state index is 0.0395. The Balaban J connectivity index is 1.89. The number of aromatic nitrogens is 2. The van der Waals surface area contributed by atoms with E-state index in [0.717, 1.165) is 17.9 Å². The Morgan fingerprint density at radius 2 is 2.00 bits per heavy atom. The molecule has 2 N–H and O–H groups in total. The zero-order chi connectivity index (χ0) is 13.5. The standard InChI is InChI=1S/C15H19N3O/c1-12-16-8-7-14(18-12)10-17-15(11-19)9-13-5-3-2-4-6-13/h2-8,15,17,19H,9-11H2,1H3. The fourth-order valence-electron chi connectivity index (χ4n) is 1.95. The van der Waals surface area contributed by atoms with Crippen LogP contribution in [-0.4, -0.2) is 27.7 Å². The molecule has 0 spiro atoms. The van der Waals surface area contributed by atoms with Gasteiger partial charge in [-0.25, -0.2) is 9.97 Å². The molecule has 4 nitrogen and oxygen atoms in total. The fourth-order valence-corrected chi connectivity index (χ4v) is 1.95. The summed E-state index contributed by atoms with van der Waals surface area (Å²) in [5.41, 5.74) is 2.16. The zero-order valence-electron chi connectivity index (χ0n) is 11.1. The summed E-state index contributed by atoms with van der Waals surface area (Å²) >= 11 is 0. The molecule has 0 aliphatic heterocycles. The maximum Gasteiger partial charge on any atom is 0.125 e. The van der Waals surface area contributed by atoms with Crippen LogP contribution in [0.5, 0.6) is 0 Å².